The molecular weight excluding hydrogens is 288 g/mol. The maximum absolute atomic E-state index is 14.8. The molecule has 0 saturated carbocycles. The van der Waals surface area contributed by atoms with Crippen LogP contribution in [0.15, 0.2) is 22.7 Å². The Morgan fingerprint density at radius 3 is 2.29 bits per heavy atom. The van der Waals surface area contributed by atoms with Crippen LogP contribution < -0.4 is 5.73 Å². The number of benzene rings is 1. The number of rotatable bonds is 3. The van der Waals surface area contributed by atoms with E-state index in [0.29, 0.717) is 4.47 Å². The number of hydrogen-bond donors (Lipinski definition) is 1. The molecule has 0 bridgehead atoms. The Labute approximate surface area is 110 Å². The second kappa shape index (κ2) is 5.02. The maximum atomic E-state index is 14.8. The third-order valence-corrected chi connectivity index (χ3v) is 3.89. The molecule has 1 unspecified atom stereocenters. The van der Waals surface area contributed by atoms with Gasteiger partial charge in [0, 0.05) is 17.4 Å². The van der Waals surface area contributed by atoms with Gasteiger partial charge in [-0.05, 0) is 23.1 Å². The first-order valence-electron chi connectivity index (χ1n) is 5.52. The summed E-state index contributed by atoms with van der Waals surface area (Å²) in [5, 5.41) is 0. The van der Waals surface area contributed by atoms with Gasteiger partial charge in [0.05, 0.1) is 0 Å². The van der Waals surface area contributed by atoms with Gasteiger partial charge in [-0.1, -0.05) is 42.8 Å². The minimum absolute atomic E-state index is 0.0552. The van der Waals surface area contributed by atoms with Crippen LogP contribution in [0.4, 0.5) is 8.78 Å². The smallest absolute Gasteiger partial charge is 0.132 e. The van der Waals surface area contributed by atoms with Crippen LogP contribution in [-0.2, 0) is 6.42 Å². The van der Waals surface area contributed by atoms with Gasteiger partial charge in [-0.2, -0.15) is 0 Å². The predicted molar refractivity (Wildman–Crippen MR) is 70.2 cm³/mol. The quantitative estimate of drug-likeness (QED) is 0.902. The lowest BCUT2D eigenvalue weighted by Crippen LogP contribution is -2.47. The Kier molecular flexibility index (Phi) is 4.31. The second-order valence-corrected chi connectivity index (χ2v) is 6.19. The molecule has 0 amide bonds. The highest BCUT2D eigenvalue weighted by Gasteiger charge is 2.41. The van der Waals surface area contributed by atoms with Crippen LogP contribution in [0.25, 0.3) is 0 Å². The maximum Gasteiger partial charge on any atom is 0.132 e. The van der Waals surface area contributed by atoms with Gasteiger partial charge >= 0.3 is 0 Å². The molecule has 17 heavy (non-hydrogen) atoms. The Hall–Kier alpha value is -0.480. The van der Waals surface area contributed by atoms with Crippen molar-refractivity contribution in [3.63, 3.8) is 0 Å². The van der Waals surface area contributed by atoms with Gasteiger partial charge in [-0.25, -0.2) is 8.78 Å². The van der Waals surface area contributed by atoms with Crippen molar-refractivity contribution in [1.82, 2.24) is 0 Å². The molecule has 1 rings (SSSR count). The van der Waals surface area contributed by atoms with E-state index in [4.69, 9.17) is 5.73 Å². The van der Waals surface area contributed by atoms with Gasteiger partial charge in [0.2, 0.25) is 0 Å². The average molecular weight is 306 g/mol. The van der Waals surface area contributed by atoms with Gasteiger partial charge in [0.25, 0.3) is 0 Å². The fourth-order valence-corrected chi connectivity index (χ4v) is 2.10. The summed E-state index contributed by atoms with van der Waals surface area (Å²) >= 11 is 3.25. The van der Waals surface area contributed by atoms with E-state index >= 15 is 0 Å². The Morgan fingerprint density at radius 1 is 1.29 bits per heavy atom. The molecule has 1 aromatic rings. The molecule has 0 aromatic heterocycles. The van der Waals surface area contributed by atoms with E-state index < -0.39 is 11.1 Å². The Balaban J connectivity index is 3.03. The third-order valence-electron chi connectivity index (χ3n) is 3.15. The molecule has 0 aliphatic heterocycles. The lowest BCUT2D eigenvalue weighted by molar-refractivity contribution is 0.0381. The molecule has 0 spiro atoms. The van der Waals surface area contributed by atoms with Crippen molar-refractivity contribution < 1.29 is 8.78 Å². The molecule has 4 heteroatoms. The van der Waals surface area contributed by atoms with E-state index in [0.717, 1.165) is 5.56 Å². The van der Waals surface area contributed by atoms with E-state index in [1.54, 1.807) is 6.07 Å². The molecule has 96 valence electrons. The molecule has 1 nitrogen and oxygen atoms in total. The van der Waals surface area contributed by atoms with Crippen molar-refractivity contribution >= 4 is 15.9 Å². The summed E-state index contributed by atoms with van der Waals surface area (Å²) in [4.78, 5) is 0. The Morgan fingerprint density at radius 2 is 1.88 bits per heavy atom. The van der Waals surface area contributed by atoms with Gasteiger partial charge in [0.1, 0.15) is 11.5 Å². The first kappa shape index (κ1) is 14.6. The third kappa shape index (κ3) is 3.26. The second-order valence-electron chi connectivity index (χ2n) is 5.33. The van der Waals surface area contributed by atoms with E-state index in [9.17, 15) is 8.78 Å². The lowest BCUT2D eigenvalue weighted by atomic mass is 9.74. The van der Waals surface area contributed by atoms with E-state index in [2.05, 4.69) is 15.9 Å². The number of halogens is 3. The number of nitrogens with two attached hydrogens (primary N) is 1. The molecule has 1 atom stereocenters. The van der Waals surface area contributed by atoms with Crippen LogP contribution in [0.2, 0.25) is 0 Å². The molecule has 2 N–H and O–H groups in total. The van der Waals surface area contributed by atoms with Crippen molar-refractivity contribution in [3.05, 3.63) is 34.1 Å². The van der Waals surface area contributed by atoms with Gasteiger partial charge in [-0.15, -0.1) is 0 Å². The average Bonchev–Trinajstić information content (AvgIpc) is 2.20. The van der Waals surface area contributed by atoms with Crippen molar-refractivity contribution in [3.8, 4) is 0 Å². The molecule has 0 radical (unpaired) electrons. The highest BCUT2D eigenvalue weighted by molar-refractivity contribution is 9.10. The van der Waals surface area contributed by atoms with Crippen LogP contribution in [-0.4, -0.2) is 12.2 Å². The minimum atomic E-state index is -1.51. The summed E-state index contributed by atoms with van der Waals surface area (Å²) in [6.45, 7) is 5.40. The van der Waals surface area contributed by atoms with Gasteiger partial charge < -0.3 is 5.73 Å². The van der Waals surface area contributed by atoms with Crippen molar-refractivity contribution in [2.24, 2.45) is 11.1 Å². The summed E-state index contributed by atoms with van der Waals surface area (Å²) < 4.78 is 28.3. The topological polar surface area (TPSA) is 26.0 Å². The van der Waals surface area contributed by atoms with Crippen LogP contribution in [0.3, 0.4) is 0 Å². The number of hydrogen-bond acceptors (Lipinski definition) is 1. The van der Waals surface area contributed by atoms with Crippen LogP contribution in [0.1, 0.15) is 26.3 Å². The standard InChI is InChI=1S/C13H18BrF2N/c1-12(2,3)13(16,8-17)7-9-4-5-10(15)6-11(9)14/h4-6H,7-8,17H2,1-3H3. The van der Waals surface area contributed by atoms with Crippen molar-refractivity contribution in [2.45, 2.75) is 32.9 Å². The lowest BCUT2D eigenvalue weighted by Gasteiger charge is -2.37. The fourth-order valence-electron chi connectivity index (χ4n) is 1.61. The van der Waals surface area contributed by atoms with E-state index in [1.807, 2.05) is 20.8 Å². The van der Waals surface area contributed by atoms with E-state index in [-0.39, 0.29) is 18.8 Å². The molecule has 0 saturated heterocycles. The molecule has 0 fully saturated rings. The largest absolute Gasteiger partial charge is 0.327 e. The van der Waals surface area contributed by atoms with Crippen LogP contribution >= 0.6 is 15.9 Å². The molecule has 0 heterocycles. The summed E-state index contributed by atoms with van der Waals surface area (Å²) in [7, 11) is 0. The zero-order valence-corrected chi connectivity index (χ0v) is 11.9. The zero-order valence-electron chi connectivity index (χ0n) is 10.4. The first-order chi connectivity index (χ1) is 7.69. The van der Waals surface area contributed by atoms with Gasteiger partial charge in [0.15, 0.2) is 0 Å². The minimum Gasteiger partial charge on any atom is -0.327 e. The van der Waals surface area contributed by atoms with Crippen molar-refractivity contribution in [1.29, 1.82) is 0 Å². The van der Waals surface area contributed by atoms with Crippen LogP contribution in [0, 0.1) is 11.2 Å². The SMILES string of the molecule is CC(C)(C)C(F)(CN)Cc1ccc(F)cc1Br. The summed E-state index contributed by atoms with van der Waals surface area (Å²) in [6, 6.07) is 4.27. The van der Waals surface area contributed by atoms with E-state index in [1.165, 1.54) is 12.1 Å². The molecule has 0 aliphatic rings. The fraction of sp³-hybridized carbons (Fsp3) is 0.538. The highest BCUT2D eigenvalue weighted by atomic mass is 79.9. The summed E-state index contributed by atoms with van der Waals surface area (Å²) in [6.07, 6.45) is 0.174. The number of alkyl halides is 1. The first-order valence-corrected chi connectivity index (χ1v) is 6.32. The zero-order chi connectivity index (χ0) is 13.3. The Bertz CT molecular complexity index is 401. The molecular formula is C13H18BrF2N. The molecule has 1 aromatic carbocycles. The summed E-state index contributed by atoms with van der Waals surface area (Å²) in [5.74, 6) is -0.339. The van der Waals surface area contributed by atoms with Crippen molar-refractivity contribution in [2.75, 3.05) is 6.54 Å². The van der Waals surface area contributed by atoms with Crippen LogP contribution in [0.5, 0.6) is 0 Å². The monoisotopic (exact) mass is 305 g/mol. The molecule has 0 aliphatic carbocycles. The highest BCUT2D eigenvalue weighted by Crippen LogP contribution is 2.37. The summed E-state index contributed by atoms with van der Waals surface area (Å²) in [5.41, 5.74) is 4.22. The normalized spacial score (nSPS) is 15.7. The predicted octanol–water partition coefficient (Wildman–Crippen LogP) is 3.84. The van der Waals surface area contributed by atoms with Gasteiger partial charge in [-0.3, -0.25) is 0 Å².